The Balaban J connectivity index is 1.07. The van der Waals surface area contributed by atoms with Crippen molar-refractivity contribution in [1.29, 1.82) is 0 Å². The van der Waals surface area contributed by atoms with Crippen LogP contribution in [0.25, 0.3) is 0 Å². The van der Waals surface area contributed by atoms with Crippen molar-refractivity contribution in [2.45, 2.75) is 56.7 Å². The van der Waals surface area contributed by atoms with E-state index in [-0.39, 0.29) is 36.0 Å². The number of benzene rings is 1. The zero-order valence-corrected chi connectivity index (χ0v) is 25.2. The maximum atomic E-state index is 13.9. The number of aromatic nitrogens is 2. The van der Waals surface area contributed by atoms with Gasteiger partial charge in [-0.1, -0.05) is 31.4 Å². The summed E-state index contributed by atoms with van der Waals surface area (Å²) in [4.78, 5) is 39.0. The highest BCUT2D eigenvalue weighted by Crippen LogP contribution is 2.37. The van der Waals surface area contributed by atoms with Crippen LogP contribution < -0.4 is 15.1 Å². The Hall–Kier alpha value is -4.20. The molecule has 1 aliphatic carbocycles. The van der Waals surface area contributed by atoms with Gasteiger partial charge < -0.3 is 29.5 Å². The first-order valence-corrected chi connectivity index (χ1v) is 15.6. The van der Waals surface area contributed by atoms with Crippen LogP contribution >= 0.6 is 0 Å². The summed E-state index contributed by atoms with van der Waals surface area (Å²) in [6.07, 6.45) is 0.926. The number of alkyl halides is 3. The number of rotatable bonds is 7. The van der Waals surface area contributed by atoms with E-state index in [9.17, 15) is 32.3 Å². The molecule has 10 nitrogen and oxygen atoms in total. The van der Waals surface area contributed by atoms with E-state index in [1.165, 1.54) is 29.3 Å². The lowest BCUT2D eigenvalue weighted by Gasteiger charge is -2.37. The minimum Gasteiger partial charge on any atom is -0.417 e. The fourth-order valence-electron chi connectivity index (χ4n) is 6.59. The van der Waals surface area contributed by atoms with Gasteiger partial charge in [-0.15, -0.1) is 0 Å². The second-order valence-electron chi connectivity index (χ2n) is 12.2. The molecule has 4 heterocycles. The van der Waals surface area contributed by atoms with Gasteiger partial charge in [0.2, 0.25) is 5.76 Å². The van der Waals surface area contributed by atoms with Crippen LogP contribution in [0.3, 0.4) is 0 Å². The van der Waals surface area contributed by atoms with E-state index >= 15 is 0 Å². The van der Waals surface area contributed by atoms with E-state index in [1.807, 2.05) is 4.90 Å². The van der Waals surface area contributed by atoms with Crippen molar-refractivity contribution in [2.24, 2.45) is 5.92 Å². The van der Waals surface area contributed by atoms with E-state index < -0.39 is 35.5 Å². The molecule has 0 radical (unpaired) electrons. The molecule has 14 heteroatoms. The molecule has 0 spiro atoms. The first-order chi connectivity index (χ1) is 22.1. The Bertz CT molecular complexity index is 1530. The standard InChI is InChI=1S/C32H36F4N6O4/c33-23-8-4-7-21(17-23)22-11-12-42(19-22)31-39-28(32(34,35)36)27(46-31)29(44)38-24-9-10-25(37-18-24)40-13-15-41(16-14-40)30(45)26(43)20-5-2-1-3-6-20/h4,7-10,17-18,20,22,26,43H,1-3,5-6,11-16,19H2,(H,38,44)/t22?,26-/m1/s1. The van der Waals surface area contributed by atoms with Crippen molar-refractivity contribution in [2.75, 3.05) is 54.4 Å². The molecule has 3 fully saturated rings. The molecule has 3 aromatic rings. The van der Waals surface area contributed by atoms with E-state index in [0.29, 0.717) is 45.0 Å². The number of pyridine rings is 1. The van der Waals surface area contributed by atoms with Gasteiger partial charge in [0, 0.05) is 45.2 Å². The van der Waals surface area contributed by atoms with Gasteiger partial charge in [0.15, 0.2) is 5.69 Å². The lowest BCUT2D eigenvalue weighted by Crippen LogP contribution is -2.53. The number of carbonyl (C=O) groups is 2. The quantitative estimate of drug-likeness (QED) is 0.343. The van der Waals surface area contributed by atoms with Crippen molar-refractivity contribution < 1.29 is 36.7 Å². The number of nitrogens with one attached hydrogen (secondary N) is 1. The smallest absolute Gasteiger partial charge is 0.417 e. The Labute approximate surface area is 263 Å². The molecule has 2 atom stereocenters. The minimum absolute atomic E-state index is 0.0128. The molecule has 2 N–H and O–H groups in total. The number of nitrogens with zero attached hydrogens (tertiary/aromatic N) is 5. The SMILES string of the molecule is O=C(Nc1ccc(N2CCN(C(=O)[C@H](O)C3CCCCC3)CC2)nc1)c1oc(N2CCC(c3cccc(F)c3)C2)nc1C(F)(F)F. The molecular weight excluding hydrogens is 608 g/mol. The summed E-state index contributed by atoms with van der Waals surface area (Å²) < 4.78 is 60.8. The van der Waals surface area contributed by atoms with Crippen molar-refractivity contribution >= 4 is 29.3 Å². The maximum Gasteiger partial charge on any atom is 0.437 e. The first kappa shape index (κ1) is 31.8. The number of oxazole rings is 1. The van der Waals surface area contributed by atoms with E-state index in [1.54, 1.807) is 23.1 Å². The summed E-state index contributed by atoms with van der Waals surface area (Å²) in [6, 6.07) is 8.90. The molecule has 1 unspecified atom stereocenters. The Morgan fingerprint density at radius 3 is 2.41 bits per heavy atom. The number of amides is 2. The van der Waals surface area contributed by atoms with Crippen LogP contribution in [0.1, 0.15) is 66.3 Å². The van der Waals surface area contributed by atoms with Gasteiger partial charge >= 0.3 is 6.18 Å². The summed E-state index contributed by atoms with van der Waals surface area (Å²) in [5, 5.41) is 13.0. The molecule has 0 bridgehead atoms. The molecule has 246 valence electrons. The highest BCUT2D eigenvalue weighted by atomic mass is 19.4. The lowest BCUT2D eigenvalue weighted by molar-refractivity contribution is -0.144. The molecule has 2 aromatic heterocycles. The fourth-order valence-corrected chi connectivity index (χ4v) is 6.59. The largest absolute Gasteiger partial charge is 0.437 e. The summed E-state index contributed by atoms with van der Waals surface area (Å²) in [5.74, 6) is -2.25. The molecule has 6 rings (SSSR count). The third kappa shape index (κ3) is 6.96. The van der Waals surface area contributed by atoms with E-state index in [0.717, 1.165) is 37.7 Å². The third-order valence-electron chi connectivity index (χ3n) is 9.14. The number of piperazine rings is 1. The number of hydrogen-bond donors (Lipinski definition) is 2. The van der Waals surface area contributed by atoms with Crippen LogP contribution in [-0.2, 0) is 11.0 Å². The normalized spacial score (nSPS) is 20.2. The van der Waals surface area contributed by atoms with Crippen LogP contribution in [0.2, 0.25) is 0 Å². The van der Waals surface area contributed by atoms with Gasteiger partial charge in [0.25, 0.3) is 17.8 Å². The number of anilines is 3. The number of aliphatic hydroxyl groups is 1. The zero-order chi connectivity index (χ0) is 32.4. The highest BCUT2D eigenvalue weighted by Gasteiger charge is 2.43. The fraction of sp³-hybridized carbons (Fsp3) is 0.500. The third-order valence-corrected chi connectivity index (χ3v) is 9.14. The zero-order valence-electron chi connectivity index (χ0n) is 25.2. The minimum atomic E-state index is -4.94. The summed E-state index contributed by atoms with van der Waals surface area (Å²) in [5.41, 5.74) is -0.542. The summed E-state index contributed by atoms with van der Waals surface area (Å²) >= 11 is 0. The molecule has 2 saturated heterocycles. The van der Waals surface area contributed by atoms with Crippen LogP contribution in [0.15, 0.2) is 47.0 Å². The number of carbonyl (C=O) groups excluding carboxylic acids is 2. The van der Waals surface area contributed by atoms with Gasteiger partial charge in [-0.3, -0.25) is 9.59 Å². The van der Waals surface area contributed by atoms with Crippen LogP contribution in [0.5, 0.6) is 0 Å². The van der Waals surface area contributed by atoms with Crippen LogP contribution in [-0.4, -0.2) is 77.2 Å². The molecule has 2 amide bonds. The van der Waals surface area contributed by atoms with Crippen LogP contribution in [0, 0.1) is 11.7 Å². The summed E-state index contributed by atoms with van der Waals surface area (Å²) in [6.45, 7) is 2.43. The lowest BCUT2D eigenvalue weighted by atomic mass is 9.85. The molecule has 2 aliphatic heterocycles. The Morgan fingerprint density at radius 1 is 0.978 bits per heavy atom. The topological polar surface area (TPSA) is 115 Å². The monoisotopic (exact) mass is 644 g/mol. The van der Waals surface area contributed by atoms with Gasteiger partial charge in [0.05, 0.1) is 11.9 Å². The van der Waals surface area contributed by atoms with Gasteiger partial charge in [-0.25, -0.2) is 9.37 Å². The maximum absolute atomic E-state index is 13.9. The molecule has 3 aliphatic rings. The predicted molar refractivity (Wildman–Crippen MR) is 161 cm³/mol. The van der Waals surface area contributed by atoms with Crippen molar-refractivity contribution in [3.05, 3.63) is 65.4 Å². The van der Waals surface area contributed by atoms with Crippen molar-refractivity contribution in [3.63, 3.8) is 0 Å². The van der Waals surface area contributed by atoms with Gasteiger partial charge in [0.1, 0.15) is 17.7 Å². The number of aliphatic hydroxyl groups excluding tert-OH is 1. The van der Waals surface area contributed by atoms with Gasteiger partial charge in [-0.2, -0.15) is 18.2 Å². The Morgan fingerprint density at radius 2 is 1.74 bits per heavy atom. The Kier molecular flexibility index (Phi) is 9.16. The second kappa shape index (κ2) is 13.3. The van der Waals surface area contributed by atoms with Crippen molar-refractivity contribution in [3.8, 4) is 0 Å². The number of hydrogen-bond acceptors (Lipinski definition) is 8. The highest BCUT2D eigenvalue weighted by molar-refractivity contribution is 6.03. The van der Waals surface area contributed by atoms with E-state index in [2.05, 4.69) is 15.3 Å². The average Bonchev–Trinajstić information content (AvgIpc) is 3.74. The second-order valence-corrected chi connectivity index (χ2v) is 12.2. The number of halogens is 4. The molecule has 1 aromatic carbocycles. The van der Waals surface area contributed by atoms with Gasteiger partial charge in [-0.05, 0) is 55.0 Å². The van der Waals surface area contributed by atoms with E-state index in [4.69, 9.17) is 4.42 Å². The molecular formula is C32H36F4N6O4. The average molecular weight is 645 g/mol. The first-order valence-electron chi connectivity index (χ1n) is 15.6. The predicted octanol–water partition coefficient (Wildman–Crippen LogP) is 5.06. The van der Waals surface area contributed by atoms with Crippen LogP contribution in [0.4, 0.5) is 35.1 Å². The summed E-state index contributed by atoms with van der Waals surface area (Å²) in [7, 11) is 0. The van der Waals surface area contributed by atoms with Crippen molar-refractivity contribution in [1.82, 2.24) is 14.9 Å². The molecule has 46 heavy (non-hydrogen) atoms. The molecule has 1 saturated carbocycles.